The van der Waals surface area contributed by atoms with E-state index in [1.165, 1.54) is 0 Å². The van der Waals surface area contributed by atoms with Gasteiger partial charge < -0.3 is 9.84 Å². The van der Waals surface area contributed by atoms with Crippen molar-refractivity contribution in [3.63, 3.8) is 0 Å². The van der Waals surface area contributed by atoms with Gasteiger partial charge in [-0.25, -0.2) is 0 Å². The van der Waals surface area contributed by atoms with Crippen molar-refractivity contribution < 1.29 is 32.7 Å². The number of methoxy groups -OCH3 is 1. The SMILES string of the molecule is COc1cc(C(=O)c2cccnc2C(F)(F)F)cc([N+](=O)[O-])c1O. The summed E-state index contributed by atoms with van der Waals surface area (Å²) in [6.07, 6.45) is -4.00. The summed E-state index contributed by atoms with van der Waals surface area (Å²) in [5.41, 5.74) is -3.50. The number of pyridine rings is 1. The van der Waals surface area contributed by atoms with Crippen LogP contribution in [0.25, 0.3) is 0 Å². The minimum absolute atomic E-state index is 0.412. The van der Waals surface area contributed by atoms with Crippen LogP contribution in [0.1, 0.15) is 21.6 Å². The Morgan fingerprint density at radius 2 is 2.04 bits per heavy atom. The van der Waals surface area contributed by atoms with E-state index < -0.39 is 50.9 Å². The lowest BCUT2D eigenvalue weighted by Gasteiger charge is -2.11. The number of rotatable bonds is 4. The molecule has 0 aliphatic rings. The number of halogens is 3. The van der Waals surface area contributed by atoms with Gasteiger partial charge in [0, 0.05) is 17.8 Å². The smallest absolute Gasteiger partial charge is 0.434 e. The Hall–Kier alpha value is -3.17. The first kappa shape index (κ1) is 17.2. The van der Waals surface area contributed by atoms with Gasteiger partial charge in [0.15, 0.2) is 17.2 Å². The minimum Gasteiger partial charge on any atom is -0.500 e. The van der Waals surface area contributed by atoms with Gasteiger partial charge in [-0.05, 0) is 18.2 Å². The van der Waals surface area contributed by atoms with Gasteiger partial charge in [-0.3, -0.25) is 19.9 Å². The molecule has 1 N–H and O–H groups in total. The van der Waals surface area contributed by atoms with Crippen molar-refractivity contribution in [1.82, 2.24) is 4.98 Å². The van der Waals surface area contributed by atoms with Crippen LogP contribution in [0, 0.1) is 10.1 Å². The number of alkyl halides is 3. The van der Waals surface area contributed by atoms with Crippen molar-refractivity contribution in [2.75, 3.05) is 7.11 Å². The number of aromatic hydroxyl groups is 1. The number of ether oxygens (including phenoxy) is 1. The molecule has 0 spiro atoms. The molecule has 0 fully saturated rings. The average Bonchev–Trinajstić information content (AvgIpc) is 2.53. The van der Waals surface area contributed by atoms with E-state index in [9.17, 15) is 33.2 Å². The van der Waals surface area contributed by atoms with Crippen LogP contribution in [-0.4, -0.2) is 27.9 Å². The maximum Gasteiger partial charge on any atom is 0.434 e. The van der Waals surface area contributed by atoms with Crippen LogP contribution < -0.4 is 4.74 Å². The Morgan fingerprint density at radius 1 is 1.38 bits per heavy atom. The maximum absolute atomic E-state index is 13.0. The predicted octanol–water partition coefficient (Wildman–Crippen LogP) is 2.95. The first-order valence-corrected chi connectivity index (χ1v) is 6.29. The highest BCUT2D eigenvalue weighted by Crippen LogP contribution is 2.38. The average molecular weight is 342 g/mol. The van der Waals surface area contributed by atoms with E-state index in [-0.39, 0.29) is 0 Å². The summed E-state index contributed by atoms with van der Waals surface area (Å²) in [6.45, 7) is 0. The summed E-state index contributed by atoms with van der Waals surface area (Å²) in [6, 6.07) is 3.63. The van der Waals surface area contributed by atoms with Gasteiger partial charge in [0.05, 0.1) is 17.6 Å². The van der Waals surface area contributed by atoms with Crippen molar-refractivity contribution in [1.29, 1.82) is 0 Å². The summed E-state index contributed by atoms with van der Waals surface area (Å²) in [5.74, 6) is -2.39. The molecule has 0 bridgehead atoms. The number of phenols is 1. The third-order valence-corrected chi connectivity index (χ3v) is 3.05. The Bertz CT molecular complexity index is 821. The summed E-state index contributed by atoms with van der Waals surface area (Å²) in [7, 11) is 1.08. The van der Waals surface area contributed by atoms with Gasteiger partial charge in [-0.15, -0.1) is 0 Å². The molecule has 126 valence electrons. The second-order valence-corrected chi connectivity index (χ2v) is 4.53. The normalized spacial score (nSPS) is 11.2. The molecule has 0 aliphatic carbocycles. The Morgan fingerprint density at radius 3 is 2.58 bits per heavy atom. The fourth-order valence-corrected chi connectivity index (χ4v) is 1.99. The molecule has 0 saturated carbocycles. The lowest BCUT2D eigenvalue weighted by molar-refractivity contribution is -0.386. The molecular formula is C14H9F3N2O5. The van der Waals surface area contributed by atoms with E-state index in [4.69, 9.17) is 4.74 Å². The van der Waals surface area contributed by atoms with Crippen molar-refractivity contribution >= 4 is 11.5 Å². The van der Waals surface area contributed by atoms with Gasteiger partial charge in [0.1, 0.15) is 0 Å². The van der Waals surface area contributed by atoms with E-state index in [0.29, 0.717) is 6.07 Å². The molecule has 7 nitrogen and oxygen atoms in total. The highest BCUT2D eigenvalue weighted by molar-refractivity contribution is 6.10. The largest absolute Gasteiger partial charge is 0.500 e. The van der Waals surface area contributed by atoms with Gasteiger partial charge in [0.25, 0.3) is 0 Å². The van der Waals surface area contributed by atoms with E-state index in [1.807, 2.05) is 0 Å². The number of hydrogen-bond donors (Lipinski definition) is 1. The molecule has 2 aromatic rings. The predicted molar refractivity (Wildman–Crippen MR) is 74.0 cm³/mol. The van der Waals surface area contributed by atoms with Crippen molar-refractivity contribution in [3.8, 4) is 11.5 Å². The Balaban J connectivity index is 2.64. The molecule has 0 radical (unpaired) electrons. The van der Waals surface area contributed by atoms with Gasteiger partial charge in [0.2, 0.25) is 5.75 Å². The number of hydrogen-bond acceptors (Lipinski definition) is 6. The number of nitro groups is 1. The minimum atomic E-state index is -4.88. The second-order valence-electron chi connectivity index (χ2n) is 4.53. The number of carbonyl (C=O) groups excluding carboxylic acids is 1. The molecule has 1 aromatic carbocycles. The fraction of sp³-hybridized carbons (Fsp3) is 0.143. The van der Waals surface area contributed by atoms with Crippen molar-refractivity contribution in [3.05, 3.63) is 57.4 Å². The van der Waals surface area contributed by atoms with Crippen molar-refractivity contribution in [2.24, 2.45) is 0 Å². The molecular weight excluding hydrogens is 333 g/mol. The molecule has 0 atom stereocenters. The first-order chi connectivity index (χ1) is 11.2. The highest BCUT2D eigenvalue weighted by Gasteiger charge is 2.37. The number of aromatic nitrogens is 1. The van der Waals surface area contributed by atoms with Crippen LogP contribution in [0.2, 0.25) is 0 Å². The zero-order valence-corrected chi connectivity index (χ0v) is 12.0. The zero-order valence-electron chi connectivity index (χ0n) is 12.0. The van der Waals surface area contributed by atoms with Gasteiger partial charge in [-0.2, -0.15) is 13.2 Å². The molecule has 0 saturated heterocycles. The third kappa shape index (κ3) is 3.12. The monoisotopic (exact) mass is 342 g/mol. The van der Waals surface area contributed by atoms with E-state index in [0.717, 1.165) is 31.5 Å². The number of nitro benzene ring substituents is 1. The van der Waals surface area contributed by atoms with Crippen LogP contribution >= 0.6 is 0 Å². The zero-order chi connectivity index (χ0) is 18.1. The Kier molecular flexibility index (Phi) is 4.40. The maximum atomic E-state index is 13.0. The molecule has 24 heavy (non-hydrogen) atoms. The molecule has 1 aromatic heterocycles. The van der Waals surface area contributed by atoms with Crippen LogP contribution in [-0.2, 0) is 6.18 Å². The van der Waals surface area contributed by atoms with E-state index in [1.54, 1.807) is 0 Å². The van der Waals surface area contributed by atoms with Crippen molar-refractivity contribution in [2.45, 2.75) is 6.18 Å². The van der Waals surface area contributed by atoms with Crippen LogP contribution in [0.4, 0.5) is 18.9 Å². The van der Waals surface area contributed by atoms with Gasteiger partial charge in [-0.1, -0.05) is 0 Å². The highest BCUT2D eigenvalue weighted by atomic mass is 19.4. The number of nitrogens with zero attached hydrogens (tertiary/aromatic N) is 2. The fourth-order valence-electron chi connectivity index (χ4n) is 1.99. The summed E-state index contributed by atoms with van der Waals surface area (Å²) < 4.78 is 43.6. The molecule has 0 amide bonds. The van der Waals surface area contributed by atoms with Crippen LogP contribution in [0.3, 0.4) is 0 Å². The third-order valence-electron chi connectivity index (χ3n) is 3.05. The summed E-state index contributed by atoms with van der Waals surface area (Å²) in [5, 5.41) is 20.6. The summed E-state index contributed by atoms with van der Waals surface area (Å²) >= 11 is 0. The van der Waals surface area contributed by atoms with Crippen LogP contribution in [0.5, 0.6) is 11.5 Å². The first-order valence-electron chi connectivity index (χ1n) is 6.29. The molecule has 1 heterocycles. The molecule has 0 aliphatic heterocycles. The number of carbonyl (C=O) groups is 1. The lowest BCUT2D eigenvalue weighted by atomic mass is 10.0. The molecule has 10 heteroatoms. The number of phenolic OH excluding ortho intramolecular Hbond substituents is 1. The van der Waals surface area contributed by atoms with E-state index in [2.05, 4.69) is 4.98 Å². The molecule has 0 unspecified atom stereocenters. The second kappa shape index (κ2) is 6.14. The van der Waals surface area contributed by atoms with E-state index >= 15 is 0 Å². The number of ketones is 1. The standard InChI is InChI=1S/C14H9F3N2O5/c1-24-10-6-7(5-9(12(10)21)19(22)23)11(20)8-3-2-4-18-13(8)14(15,16)17/h2-6,21H,1H3. The Labute approximate surface area is 132 Å². The quantitative estimate of drug-likeness (QED) is 0.521. The summed E-state index contributed by atoms with van der Waals surface area (Å²) in [4.78, 5) is 25.5. The topological polar surface area (TPSA) is 103 Å². The van der Waals surface area contributed by atoms with Gasteiger partial charge >= 0.3 is 11.9 Å². The number of benzene rings is 1. The van der Waals surface area contributed by atoms with Crippen LogP contribution in [0.15, 0.2) is 30.5 Å². The molecule has 2 rings (SSSR count). The lowest BCUT2D eigenvalue weighted by Crippen LogP contribution is -2.16.